The molecule has 8 nitrogen and oxygen atoms in total. The van der Waals surface area contributed by atoms with Crippen LogP contribution in [0.2, 0.25) is 0 Å². The van der Waals surface area contributed by atoms with Crippen molar-refractivity contribution in [1.82, 2.24) is 5.32 Å². The van der Waals surface area contributed by atoms with Crippen LogP contribution in [-0.2, 0) is 18.4 Å². The van der Waals surface area contributed by atoms with E-state index in [4.69, 9.17) is 9.05 Å². The molecule has 0 heterocycles. The van der Waals surface area contributed by atoms with E-state index in [2.05, 4.69) is 79.9 Å². The minimum atomic E-state index is -4.58. The second-order valence-electron chi connectivity index (χ2n) is 18.9. The number of phosphoric acid groups is 1. The van der Waals surface area contributed by atoms with E-state index in [1.807, 2.05) is 27.2 Å². The molecule has 0 aliphatic carbocycles. The van der Waals surface area contributed by atoms with E-state index in [0.717, 1.165) is 70.6 Å². The molecule has 0 aromatic heterocycles. The van der Waals surface area contributed by atoms with Crippen LogP contribution in [0.15, 0.2) is 72.9 Å². The standard InChI is InChI=1S/C55H101N2O6P/c1-6-8-10-12-14-15-16-17-18-19-20-21-22-23-24-25-26-27-28-29-30-31-32-33-34-35-36-37-38-39-40-41-43-45-47-49-55(59)56-53(54(58)48-46-44-42-13-11-9-7-2)52-63-64(60,61)62-51-50-57(3,4)5/h8,10,14-15,17-18,20-21,23-24,46,48,53-54,58H,6-7,9,11-13,16,19,22,25-45,47,49-52H2,1-5H3,(H-,56,59,60,61)/b10-8-,15-14-,18-17-,21-20-,24-23-,48-46+. The highest BCUT2D eigenvalue weighted by atomic mass is 31.2. The van der Waals surface area contributed by atoms with Gasteiger partial charge in [-0.3, -0.25) is 9.36 Å². The number of phosphoric ester groups is 1. The SMILES string of the molecule is CC/C=C\C/C=C\C/C=C\C/C=C\C/C=C\CCCCCCCCCCCCCCCCCCCCCC(=O)NC(COP(=O)([O-])OCC[N+](C)(C)C)C(O)/C=C/CCCCCCC. The van der Waals surface area contributed by atoms with E-state index in [9.17, 15) is 19.4 Å². The van der Waals surface area contributed by atoms with Gasteiger partial charge in [0.2, 0.25) is 5.91 Å². The zero-order chi connectivity index (χ0) is 47.1. The molecule has 0 aromatic rings. The predicted octanol–water partition coefficient (Wildman–Crippen LogP) is 14.9. The van der Waals surface area contributed by atoms with Crippen molar-refractivity contribution in [1.29, 1.82) is 0 Å². The largest absolute Gasteiger partial charge is 0.756 e. The number of nitrogens with zero attached hydrogens (tertiary/aromatic N) is 1. The molecule has 372 valence electrons. The normalized spacial score (nSPS) is 14.7. The van der Waals surface area contributed by atoms with Crippen LogP contribution in [-0.4, -0.2) is 68.5 Å². The van der Waals surface area contributed by atoms with Gasteiger partial charge in [-0.1, -0.05) is 222 Å². The van der Waals surface area contributed by atoms with Gasteiger partial charge in [0.1, 0.15) is 13.2 Å². The van der Waals surface area contributed by atoms with Gasteiger partial charge >= 0.3 is 0 Å². The highest BCUT2D eigenvalue weighted by Crippen LogP contribution is 2.38. The van der Waals surface area contributed by atoms with E-state index in [0.29, 0.717) is 17.4 Å². The summed E-state index contributed by atoms with van der Waals surface area (Å²) in [6.45, 7) is 4.47. The first kappa shape index (κ1) is 61.9. The first-order valence-electron chi connectivity index (χ1n) is 26.3. The maximum Gasteiger partial charge on any atom is 0.268 e. The molecule has 3 unspecified atom stereocenters. The number of hydrogen-bond donors (Lipinski definition) is 2. The zero-order valence-corrected chi connectivity index (χ0v) is 43.1. The number of quaternary nitrogens is 1. The number of carbonyl (C=O) groups is 1. The summed E-state index contributed by atoms with van der Waals surface area (Å²) in [5.41, 5.74) is 0. The van der Waals surface area contributed by atoms with E-state index >= 15 is 0 Å². The maximum absolute atomic E-state index is 12.8. The van der Waals surface area contributed by atoms with Crippen LogP contribution in [0.5, 0.6) is 0 Å². The number of aliphatic hydroxyl groups is 1. The number of unbranched alkanes of at least 4 members (excludes halogenated alkanes) is 24. The average molecular weight is 917 g/mol. The second kappa shape index (κ2) is 46.1. The molecule has 0 aliphatic rings. The topological polar surface area (TPSA) is 108 Å². The van der Waals surface area contributed by atoms with Crippen LogP contribution < -0.4 is 10.2 Å². The van der Waals surface area contributed by atoms with Crippen LogP contribution in [0.25, 0.3) is 0 Å². The summed E-state index contributed by atoms with van der Waals surface area (Å²) in [6.07, 6.45) is 63.0. The lowest BCUT2D eigenvalue weighted by atomic mass is 10.0. The fraction of sp³-hybridized carbons (Fsp3) is 0.764. The Hall–Kier alpha value is -2.06. The van der Waals surface area contributed by atoms with Gasteiger partial charge in [-0.25, -0.2) is 0 Å². The van der Waals surface area contributed by atoms with Crippen molar-refractivity contribution in [3.05, 3.63) is 72.9 Å². The number of allylic oxidation sites excluding steroid dienone is 11. The highest BCUT2D eigenvalue weighted by Gasteiger charge is 2.23. The lowest BCUT2D eigenvalue weighted by molar-refractivity contribution is -0.870. The molecule has 0 bridgehead atoms. The first-order chi connectivity index (χ1) is 31.0. The van der Waals surface area contributed by atoms with E-state index in [-0.39, 0.29) is 19.1 Å². The number of hydrogen-bond acceptors (Lipinski definition) is 6. The number of carbonyl (C=O) groups excluding carboxylic acids is 1. The summed E-state index contributed by atoms with van der Waals surface area (Å²) >= 11 is 0. The molecule has 0 rings (SSSR count). The fourth-order valence-corrected chi connectivity index (χ4v) is 8.02. The van der Waals surface area contributed by atoms with Crippen LogP contribution in [0.1, 0.15) is 219 Å². The highest BCUT2D eigenvalue weighted by molar-refractivity contribution is 7.45. The number of likely N-dealkylation sites (N-methyl/N-ethyl adjacent to an activating group) is 1. The first-order valence-corrected chi connectivity index (χ1v) is 27.8. The van der Waals surface area contributed by atoms with Gasteiger partial charge in [-0.2, -0.15) is 0 Å². The zero-order valence-electron chi connectivity index (χ0n) is 42.2. The van der Waals surface area contributed by atoms with Crippen molar-refractivity contribution >= 4 is 13.7 Å². The second-order valence-corrected chi connectivity index (χ2v) is 20.3. The third kappa shape index (κ3) is 47.9. The van der Waals surface area contributed by atoms with Crippen LogP contribution in [0.3, 0.4) is 0 Å². The van der Waals surface area contributed by atoms with Gasteiger partial charge < -0.3 is 28.8 Å². The van der Waals surface area contributed by atoms with Crippen molar-refractivity contribution in [2.75, 3.05) is 40.9 Å². The lowest BCUT2D eigenvalue weighted by Gasteiger charge is -2.29. The minimum absolute atomic E-state index is 0.00238. The molecule has 0 spiro atoms. The maximum atomic E-state index is 12.8. The summed E-state index contributed by atoms with van der Waals surface area (Å²) in [5, 5.41) is 13.7. The molecule has 0 aromatic carbocycles. The minimum Gasteiger partial charge on any atom is -0.756 e. The lowest BCUT2D eigenvalue weighted by Crippen LogP contribution is -2.45. The van der Waals surface area contributed by atoms with Crippen molar-refractivity contribution in [2.45, 2.75) is 231 Å². The van der Waals surface area contributed by atoms with Crippen molar-refractivity contribution < 1.29 is 32.9 Å². The quantitative estimate of drug-likeness (QED) is 0.0272. The Kier molecular flexibility index (Phi) is 44.6. The Morgan fingerprint density at radius 1 is 0.562 bits per heavy atom. The summed E-state index contributed by atoms with van der Waals surface area (Å²) in [7, 11) is 1.26. The van der Waals surface area contributed by atoms with E-state index in [1.165, 1.54) is 128 Å². The molecule has 3 atom stereocenters. The summed E-state index contributed by atoms with van der Waals surface area (Å²) in [4.78, 5) is 25.2. The van der Waals surface area contributed by atoms with E-state index in [1.54, 1.807) is 6.08 Å². The van der Waals surface area contributed by atoms with Gasteiger partial charge in [-0.05, 0) is 64.2 Å². The molecule has 1 amide bonds. The Morgan fingerprint density at radius 2 is 0.953 bits per heavy atom. The molecule has 64 heavy (non-hydrogen) atoms. The number of aliphatic hydroxyl groups excluding tert-OH is 1. The molecule has 0 fully saturated rings. The van der Waals surface area contributed by atoms with Gasteiger partial charge in [0.25, 0.3) is 7.82 Å². The molecule has 0 aliphatic heterocycles. The fourth-order valence-electron chi connectivity index (χ4n) is 7.30. The van der Waals surface area contributed by atoms with Crippen LogP contribution in [0.4, 0.5) is 0 Å². The Morgan fingerprint density at radius 3 is 1.39 bits per heavy atom. The number of nitrogens with one attached hydrogen (secondary N) is 1. The van der Waals surface area contributed by atoms with Gasteiger partial charge in [0, 0.05) is 6.42 Å². The summed E-state index contributed by atoms with van der Waals surface area (Å²) in [5.74, 6) is -0.202. The third-order valence-corrected chi connectivity index (χ3v) is 12.4. The Bertz CT molecular complexity index is 1270. The smallest absolute Gasteiger partial charge is 0.268 e. The molecular weight excluding hydrogens is 816 g/mol. The molecule has 0 radical (unpaired) electrons. The van der Waals surface area contributed by atoms with Gasteiger partial charge in [0.15, 0.2) is 0 Å². The summed E-state index contributed by atoms with van der Waals surface area (Å²) in [6, 6.07) is -0.884. The van der Waals surface area contributed by atoms with Gasteiger partial charge in [0.05, 0.1) is 39.9 Å². The third-order valence-electron chi connectivity index (χ3n) is 11.4. The van der Waals surface area contributed by atoms with Gasteiger partial charge in [-0.15, -0.1) is 0 Å². The van der Waals surface area contributed by atoms with Crippen LogP contribution >= 0.6 is 7.82 Å². The Labute approximate surface area is 395 Å². The summed E-state index contributed by atoms with van der Waals surface area (Å²) < 4.78 is 23.1. The Balaban J connectivity index is 3.87. The predicted molar refractivity (Wildman–Crippen MR) is 274 cm³/mol. The van der Waals surface area contributed by atoms with E-state index < -0.39 is 20.0 Å². The number of rotatable bonds is 47. The number of amides is 1. The molecular formula is C55H101N2O6P. The molecule has 9 heteroatoms. The molecule has 0 saturated heterocycles. The van der Waals surface area contributed by atoms with Crippen molar-refractivity contribution in [2.24, 2.45) is 0 Å². The van der Waals surface area contributed by atoms with Crippen molar-refractivity contribution in [3.63, 3.8) is 0 Å². The van der Waals surface area contributed by atoms with Crippen LogP contribution in [0, 0.1) is 0 Å². The average Bonchev–Trinajstić information content (AvgIpc) is 3.25. The molecule has 0 saturated carbocycles. The van der Waals surface area contributed by atoms with Crippen molar-refractivity contribution in [3.8, 4) is 0 Å². The molecule has 2 N–H and O–H groups in total. The monoisotopic (exact) mass is 917 g/mol.